The maximum atomic E-state index is 5.60. The lowest BCUT2D eigenvalue weighted by molar-refractivity contribution is 0.324. The Balaban J connectivity index is 2.39. The summed E-state index contributed by atoms with van der Waals surface area (Å²) in [4.78, 5) is 8.25. The zero-order chi connectivity index (χ0) is 10.1. The lowest BCUT2D eigenvalue weighted by Gasteiger charge is -2.08. The fourth-order valence-corrected chi connectivity index (χ4v) is 1.94. The van der Waals surface area contributed by atoms with Crippen molar-refractivity contribution < 1.29 is 4.74 Å². The Morgan fingerprint density at radius 3 is 2.79 bits per heavy atom. The second kappa shape index (κ2) is 3.73. The predicted octanol–water partition coefficient (Wildman–Crippen LogP) is 2.10. The molecular formula is C9H12BrN3O. The number of nitrogen functional groups attached to an aromatic ring is 1. The van der Waals surface area contributed by atoms with Crippen LogP contribution in [0.4, 0.5) is 5.95 Å². The molecule has 1 aliphatic carbocycles. The van der Waals surface area contributed by atoms with Crippen molar-refractivity contribution >= 4 is 21.9 Å². The van der Waals surface area contributed by atoms with Gasteiger partial charge in [0.05, 0.1) is 12.3 Å². The Hall–Kier alpha value is -0.840. The Bertz CT molecular complexity index is 352. The van der Waals surface area contributed by atoms with Gasteiger partial charge in [-0.3, -0.25) is 0 Å². The summed E-state index contributed by atoms with van der Waals surface area (Å²) in [5.41, 5.74) is 6.59. The molecule has 76 valence electrons. The van der Waals surface area contributed by atoms with Crippen molar-refractivity contribution in [2.75, 3.05) is 12.3 Å². The summed E-state index contributed by atoms with van der Waals surface area (Å²) < 4.78 is 6.22. The van der Waals surface area contributed by atoms with Crippen LogP contribution in [0.15, 0.2) is 4.47 Å². The van der Waals surface area contributed by atoms with Crippen LogP contribution >= 0.6 is 15.9 Å². The Morgan fingerprint density at radius 2 is 2.21 bits per heavy atom. The molecular weight excluding hydrogens is 246 g/mol. The number of ether oxygens (including phenoxy) is 1. The summed E-state index contributed by atoms with van der Waals surface area (Å²) in [6.45, 7) is 2.50. The zero-order valence-electron chi connectivity index (χ0n) is 7.96. The second-order valence-corrected chi connectivity index (χ2v) is 4.09. The van der Waals surface area contributed by atoms with Crippen LogP contribution in [0.2, 0.25) is 0 Å². The number of halogens is 1. The molecule has 1 aliphatic rings. The van der Waals surface area contributed by atoms with E-state index in [2.05, 4.69) is 25.9 Å². The van der Waals surface area contributed by atoms with Crippen molar-refractivity contribution in [3.8, 4) is 5.88 Å². The second-order valence-electron chi connectivity index (χ2n) is 3.29. The highest BCUT2D eigenvalue weighted by Gasteiger charge is 2.29. The van der Waals surface area contributed by atoms with Gasteiger partial charge in [0, 0.05) is 5.92 Å². The minimum absolute atomic E-state index is 0.290. The van der Waals surface area contributed by atoms with Crippen LogP contribution in [0.5, 0.6) is 5.88 Å². The monoisotopic (exact) mass is 257 g/mol. The molecule has 0 radical (unpaired) electrons. The Labute approximate surface area is 91.0 Å². The van der Waals surface area contributed by atoms with Crippen LogP contribution in [-0.2, 0) is 0 Å². The molecule has 0 aliphatic heterocycles. The van der Waals surface area contributed by atoms with E-state index in [9.17, 15) is 0 Å². The summed E-state index contributed by atoms with van der Waals surface area (Å²) in [7, 11) is 0. The van der Waals surface area contributed by atoms with Gasteiger partial charge < -0.3 is 10.5 Å². The van der Waals surface area contributed by atoms with Crippen molar-refractivity contribution in [3.05, 3.63) is 10.2 Å². The van der Waals surface area contributed by atoms with Gasteiger partial charge in [-0.25, -0.2) is 4.98 Å². The fourth-order valence-electron chi connectivity index (χ4n) is 1.32. The number of rotatable bonds is 3. The number of nitrogens with two attached hydrogens (primary N) is 1. The molecule has 1 fully saturated rings. The lowest BCUT2D eigenvalue weighted by Crippen LogP contribution is -2.04. The number of hydrogen-bond donors (Lipinski definition) is 1. The molecule has 0 spiro atoms. The molecule has 1 aromatic rings. The molecule has 14 heavy (non-hydrogen) atoms. The first-order valence-electron chi connectivity index (χ1n) is 4.68. The predicted molar refractivity (Wildman–Crippen MR) is 57.3 cm³/mol. The van der Waals surface area contributed by atoms with Crippen LogP contribution < -0.4 is 10.5 Å². The summed E-state index contributed by atoms with van der Waals surface area (Å²) >= 11 is 3.45. The summed E-state index contributed by atoms with van der Waals surface area (Å²) in [5, 5.41) is 0. The van der Waals surface area contributed by atoms with Gasteiger partial charge in [-0.15, -0.1) is 0 Å². The van der Waals surface area contributed by atoms with Gasteiger partial charge in [-0.2, -0.15) is 4.98 Å². The number of nitrogens with zero attached hydrogens (tertiary/aromatic N) is 2. The van der Waals surface area contributed by atoms with Gasteiger partial charge >= 0.3 is 0 Å². The van der Waals surface area contributed by atoms with Crippen molar-refractivity contribution in [1.29, 1.82) is 0 Å². The first kappa shape index (κ1) is 9.71. The maximum absolute atomic E-state index is 5.60. The molecule has 0 unspecified atom stereocenters. The van der Waals surface area contributed by atoms with Gasteiger partial charge in [-0.05, 0) is 35.7 Å². The van der Waals surface area contributed by atoms with Crippen LogP contribution in [-0.4, -0.2) is 16.6 Å². The third kappa shape index (κ3) is 1.82. The highest BCUT2D eigenvalue weighted by molar-refractivity contribution is 9.10. The molecule has 2 rings (SSSR count). The van der Waals surface area contributed by atoms with Gasteiger partial charge in [0.2, 0.25) is 11.8 Å². The van der Waals surface area contributed by atoms with E-state index in [1.54, 1.807) is 0 Å². The summed E-state index contributed by atoms with van der Waals surface area (Å²) in [6.07, 6.45) is 2.36. The van der Waals surface area contributed by atoms with Gasteiger partial charge in [0.25, 0.3) is 0 Å². The molecule has 1 heterocycles. The average Bonchev–Trinajstić information content (AvgIpc) is 2.94. The van der Waals surface area contributed by atoms with E-state index in [1.807, 2.05) is 6.92 Å². The van der Waals surface area contributed by atoms with E-state index >= 15 is 0 Å². The minimum atomic E-state index is 0.290. The molecule has 1 aromatic heterocycles. The van der Waals surface area contributed by atoms with Crippen molar-refractivity contribution in [2.24, 2.45) is 0 Å². The molecule has 0 amide bonds. The van der Waals surface area contributed by atoms with E-state index < -0.39 is 0 Å². The van der Waals surface area contributed by atoms with Gasteiger partial charge in [0.1, 0.15) is 4.47 Å². The first-order valence-corrected chi connectivity index (χ1v) is 5.47. The maximum Gasteiger partial charge on any atom is 0.233 e. The third-order valence-corrected chi connectivity index (χ3v) is 2.85. The molecule has 4 nitrogen and oxygen atoms in total. The fraction of sp³-hybridized carbons (Fsp3) is 0.556. The smallest absolute Gasteiger partial charge is 0.233 e. The standard InChI is InChI=1S/C9H12BrN3O/c1-2-14-8-6(10)7(5-3-4-5)12-9(11)13-8/h5H,2-4H2,1H3,(H2,11,12,13). The molecule has 0 aromatic carbocycles. The van der Waals surface area contributed by atoms with Crippen molar-refractivity contribution in [3.63, 3.8) is 0 Å². The molecule has 0 atom stereocenters. The van der Waals surface area contributed by atoms with E-state index in [1.165, 1.54) is 12.8 Å². The molecule has 1 saturated carbocycles. The summed E-state index contributed by atoms with van der Waals surface area (Å²) in [6, 6.07) is 0. The van der Waals surface area contributed by atoms with E-state index in [4.69, 9.17) is 10.5 Å². The highest BCUT2D eigenvalue weighted by atomic mass is 79.9. The largest absolute Gasteiger partial charge is 0.477 e. The normalized spacial score (nSPS) is 15.6. The highest BCUT2D eigenvalue weighted by Crippen LogP contribution is 2.44. The van der Waals surface area contributed by atoms with Crippen LogP contribution in [0.25, 0.3) is 0 Å². The first-order chi connectivity index (χ1) is 6.72. The molecule has 0 saturated heterocycles. The zero-order valence-corrected chi connectivity index (χ0v) is 9.54. The summed E-state index contributed by atoms with van der Waals surface area (Å²) in [5.74, 6) is 1.38. The minimum Gasteiger partial charge on any atom is -0.477 e. The number of hydrogen-bond acceptors (Lipinski definition) is 4. The average molecular weight is 258 g/mol. The van der Waals surface area contributed by atoms with Crippen LogP contribution in [0.1, 0.15) is 31.4 Å². The van der Waals surface area contributed by atoms with Crippen LogP contribution in [0, 0.1) is 0 Å². The van der Waals surface area contributed by atoms with Gasteiger partial charge in [-0.1, -0.05) is 0 Å². The number of anilines is 1. The van der Waals surface area contributed by atoms with E-state index in [-0.39, 0.29) is 0 Å². The Morgan fingerprint density at radius 1 is 1.50 bits per heavy atom. The SMILES string of the molecule is CCOc1nc(N)nc(C2CC2)c1Br. The molecule has 0 bridgehead atoms. The molecule has 5 heteroatoms. The van der Waals surface area contributed by atoms with Crippen LogP contribution in [0.3, 0.4) is 0 Å². The topological polar surface area (TPSA) is 61.0 Å². The number of aromatic nitrogens is 2. The third-order valence-electron chi connectivity index (χ3n) is 2.11. The van der Waals surface area contributed by atoms with E-state index in [0.717, 1.165) is 10.2 Å². The Kier molecular flexibility index (Phi) is 2.58. The molecule has 2 N–H and O–H groups in total. The van der Waals surface area contributed by atoms with Crippen molar-refractivity contribution in [2.45, 2.75) is 25.7 Å². The van der Waals surface area contributed by atoms with Gasteiger partial charge in [0.15, 0.2) is 0 Å². The van der Waals surface area contributed by atoms with E-state index in [0.29, 0.717) is 24.4 Å². The lowest BCUT2D eigenvalue weighted by atomic mass is 10.3. The quantitative estimate of drug-likeness (QED) is 0.901. The van der Waals surface area contributed by atoms with Crippen molar-refractivity contribution in [1.82, 2.24) is 9.97 Å².